The van der Waals surface area contributed by atoms with Gasteiger partial charge in [0.25, 0.3) is 0 Å². The second-order valence-corrected chi connectivity index (χ2v) is 16.0. The lowest BCUT2D eigenvalue weighted by molar-refractivity contribution is -0.166. The lowest BCUT2D eigenvalue weighted by Gasteiger charge is -2.36. The number of carbonyl (C=O) groups is 4. The van der Waals surface area contributed by atoms with Crippen LogP contribution < -0.4 is 11.5 Å². The van der Waals surface area contributed by atoms with Crippen LogP contribution in [0, 0.1) is 37.5 Å². The van der Waals surface area contributed by atoms with Crippen LogP contribution in [-0.4, -0.2) is 95.4 Å². The Morgan fingerprint density at radius 1 is 0.583 bits per heavy atom. The maximum atomic E-state index is 12.2. The quantitative estimate of drug-likeness (QED) is 0.109. The number of esters is 2. The van der Waals surface area contributed by atoms with Gasteiger partial charge in [0.05, 0.1) is 11.1 Å². The third kappa shape index (κ3) is 15.0. The monoisotopic (exact) mass is 822 g/mol. The first kappa shape index (κ1) is 47.3. The van der Waals surface area contributed by atoms with Gasteiger partial charge in [-0.15, -0.1) is 0 Å². The number of benzene rings is 4. The second kappa shape index (κ2) is 24.0. The van der Waals surface area contributed by atoms with Crippen LogP contribution in [0.4, 0.5) is 0 Å². The van der Waals surface area contributed by atoms with Crippen molar-refractivity contribution in [2.75, 3.05) is 39.3 Å². The SMILES string of the molecule is CC1CCN(Cc2ccccc2)CC1CN.CC1CCN(Cc2ccccc2)CC1CN.Cc1ccc(C(=O)O[C@@H](C(=O)O)[C@@H](OC(=O)c2ccc(C)cc2)C(=O)O)cc1. The Morgan fingerprint density at radius 2 is 0.917 bits per heavy atom. The van der Waals surface area contributed by atoms with E-state index in [4.69, 9.17) is 20.9 Å². The summed E-state index contributed by atoms with van der Waals surface area (Å²) in [6, 6.07) is 33.5. The minimum Gasteiger partial charge on any atom is -0.478 e. The number of hydrogen-bond acceptors (Lipinski definition) is 10. The molecule has 6 N–H and O–H groups in total. The van der Waals surface area contributed by atoms with Gasteiger partial charge in [0.1, 0.15) is 0 Å². The molecule has 60 heavy (non-hydrogen) atoms. The van der Waals surface area contributed by atoms with Gasteiger partial charge in [0.15, 0.2) is 0 Å². The number of hydrogen-bond donors (Lipinski definition) is 4. The highest BCUT2D eigenvalue weighted by atomic mass is 16.6. The zero-order chi connectivity index (χ0) is 43.6. The molecule has 12 nitrogen and oxygen atoms in total. The first-order chi connectivity index (χ1) is 28.8. The number of aliphatic carboxylic acids is 2. The van der Waals surface area contributed by atoms with Gasteiger partial charge in [0.2, 0.25) is 12.2 Å². The molecule has 2 fully saturated rings. The molecule has 0 bridgehead atoms. The molecule has 0 radical (unpaired) electrons. The zero-order valence-electron chi connectivity index (χ0n) is 35.3. The maximum Gasteiger partial charge on any atom is 0.349 e. The van der Waals surface area contributed by atoms with Crippen molar-refractivity contribution < 1.29 is 38.9 Å². The van der Waals surface area contributed by atoms with Gasteiger partial charge >= 0.3 is 23.9 Å². The van der Waals surface area contributed by atoms with Gasteiger partial charge in [-0.25, -0.2) is 19.2 Å². The minimum atomic E-state index is -2.22. The Kier molecular flexibility index (Phi) is 18.9. The lowest BCUT2D eigenvalue weighted by atomic mass is 9.87. The molecule has 2 saturated heterocycles. The van der Waals surface area contributed by atoms with Crippen LogP contribution in [0.15, 0.2) is 109 Å². The summed E-state index contributed by atoms with van der Waals surface area (Å²) in [4.78, 5) is 52.4. The van der Waals surface area contributed by atoms with Crippen LogP contribution in [0.3, 0.4) is 0 Å². The van der Waals surface area contributed by atoms with E-state index in [2.05, 4.69) is 84.3 Å². The van der Waals surface area contributed by atoms with E-state index in [9.17, 15) is 29.4 Å². The number of likely N-dealkylation sites (tertiary alicyclic amines) is 2. The molecular formula is C48H62N4O8. The molecular weight excluding hydrogens is 761 g/mol. The fraction of sp³-hybridized carbons (Fsp3) is 0.417. The maximum absolute atomic E-state index is 12.2. The fourth-order valence-electron chi connectivity index (χ4n) is 7.26. The van der Waals surface area contributed by atoms with E-state index in [0.717, 1.165) is 62.2 Å². The Bertz CT molecular complexity index is 1790. The van der Waals surface area contributed by atoms with Crippen LogP contribution in [-0.2, 0) is 32.2 Å². The summed E-state index contributed by atoms with van der Waals surface area (Å²) in [7, 11) is 0. The highest BCUT2D eigenvalue weighted by Crippen LogP contribution is 2.24. The summed E-state index contributed by atoms with van der Waals surface area (Å²) in [5.41, 5.74) is 16.3. The number of aryl methyl sites for hydroxylation is 2. The summed E-state index contributed by atoms with van der Waals surface area (Å²) in [6.45, 7) is 16.8. The van der Waals surface area contributed by atoms with Crippen molar-refractivity contribution in [2.24, 2.45) is 35.1 Å². The Morgan fingerprint density at radius 3 is 1.22 bits per heavy atom. The average Bonchev–Trinajstić information content (AvgIpc) is 3.25. The highest BCUT2D eigenvalue weighted by molar-refractivity contribution is 5.95. The van der Waals surface area contributed by atoms with Crippen molar-refractivity contribution in [3.8, 4) is 0 Å². The number of piperidine rings is 2. The Hall–Kier alpha value is -5.40. The third-order valence-electron chi connectivity index (χ3n) is 11.3. The number of carbonyl (C=O) groups excluding carboxylic acids is 2. The summed E-state index contributed by atoms with van der Waals surface area (Å²) < 4.78 is 9.64. The van der Waals surface area contributed by atoms with E-state index in [0.29, 0.717) is 11.8 Å². The molecule has 322 valence electrons. The van der Waals surface area contributed by atoms with Gasteiger partial charge in [-0.3, -0.25) is 9.80 Å². The zero-order valence-corrected chi connectivity index (χ0v) is 35.3. The average molecular weight is 823 g/mol. The van der Waals surface area contributed by atoms with E-state index in [1.807, 2.05) is 0 Å². The van der Waals surface area contributed by atoms with Gasteiger partial charge in [-0.05, 0) is 112 Å². The predicted octanol–water partition coefficient (Wildman–Crippen LogP) is 6.43. The summed E-state index contributed by atoms with van der Waals surface area (Å²) in [6.07, 6.45) is -1.87. The van der Waals surface area contributed by atoms with E-state index in [-0.39, 0.29) is 11.1 Å². The number of carboxylic acid groups (broad SMARTS) is 2. The molecule has 0 amide bonds. The molecule has 0 saturated carbocycles. The number of ether oxygens (including phenoxy) is 2. The first-order valence-electron chi connectivity index (χ1n) is 20.7. The number of rotatable bonds is 13. The molecule has 4 unspecified atom stereocenters. The van der Waals surface area contributed by atoms with Crippen LogP contribution in [0.5, 0.6) is 0 Å². The molecule has 2 aliphatic rings. The number of nitrogens with two attached hydrogens (primary N) is 2. The first-order valence-corrected chi connectivity index (χ1v) is 20.7. The smallest absolute Gasteiger partial charge is 0.349 e. The molecule has 2 aliphatic heterocycles. The van der Waals surface area contributed by atoms with E-state index >= 15 is 0 Å². The van der Waals surface area contributed by atoms with Crippen molar-refractivity contribution in [1.29, 1.82) is 0 Å². The van der Waals surface area contributed by atoms with Gasteiger partial charge in [0, 0.05) is 26.2 Å². The molecule has 6 atom stereocenters. The normalized spacial score (nSPS) is 20.2. The van der Waals surface area contributed by atoms with Crippen LogP contribution in [0.1, 0.15) is 69.7 Å². The lowest BCUT2D eigenvalue weighted by Crippen LogP contribution is -2.45. The number of carboxylic acids is 2. The van der Waals surface area contributed by atoms with E-state index in [1.165, 1.54) is 61.3 Å². The van der Waals surface area contributed by atoms with Crippen molar-refractivity contribution in [2.45, 2.75) is 65.8 Å². The fourth-order valence-corrected chi connectivity index (χ4v) is 7.26. The molecule has 6 rings (SSSR count). The molecule has 0 spiro atoms. The van der Waals surface area contributed by atoms with Crippen LogP contribution >= 0.6 is 0 Å². The van der Waals surface area contributed by atoms with Crippen molar-refractivity contribution in [3.63, 3.8) is 0 Å². The molecule has 0 aromatic heterocycles. The van der Waals surface area contributed by atoms with Gasteiger partial charge in [-0.1, -0.05) is 110 Å². The highest BCUT2D eigenvalue weighted by Gasteiger charge is 2.41. The third-order valence-corrected chi connectivity index (χ3v) is 11.3. The van der Waals surface area contributed by atoms with Crippen LogP contribution in [0.2, 0.25) is 0 Å². The van der Waals surface area contributed by atoms with Gasteiger partial charge < -0.3 is 31.2 Å². The standard InChI is InChI=1S/C20H18O8.2C14H22N2/c1-11-3-7-13(8-4-11)19(25)27-15(17(21)22)16(18(23)24)28-20(26)14-9-5-12(2)6-10-14;2*1-12-7-8-16(11-14(12)9-15)10-13-5-3-2-4-6-13/h3-10,15-16H,1-2H3,(H,21,22)(H,23,24);2*2-6,12,14H,7-11,15H2,1H3/t15-,16-;;/m1../s1. The molecule has 0 aliphatic carbocycles. The van der Waals surface area contributed by atoms with Crippen LogP contribution in [0.25, 0.3) is 0 Å². The molecule has 4 aromatic rings. The van der Waals surface area contributed by atoms with E-state index in [1.54, 1.807) is 38.1 Å². The predicted molar refractivity (Wildman–Crippen MR) is 232 cm³/mol. The summed E-state index contributed by atoms with van der Waals surface area (Å²) in [5.74, 6) is -2.69. The van der Waals surface area contributed by atoms with Crippen molar-refractivity contribution in [3.05, 3.63) is 143 Å². The summed E-state index contributed by atoms with van der Waals surface area (Å²) >= 11 is 0. The Balaban J connectivity index is 0.000000212. The van der Waals surface area contributed by atoms with E-state index < -0.39 is 36.1 Å². The van der Waals surface area contributed by atoms with Crippen molar-refractivity contribution >= 4 is 23.9 Å². The van der Waals surface area contributed by atoms with Crippen molar-refractivity contribution in [1.82, 2.24) is 9.80 Å². The minimum absolute atomic E-state index is 0.0332. The molecule has 12 heteroatoms. The number of nitrogens with zero attached hydrogens (tertiary/aromatic N) is 2. The topological polar surface area (TPSA) is 186 Å². The molecule has 4 aromatic carbocycles. The largest absolute Gasteiger partial charge is 0.478 e. The van der Waals surface area contributed by atoms with Gasteiger partial charge in [-0.2, -0.15) is 0 Å². The Labute approximate surface area is 354 Å². The molecule has 2 heterocycles. The second-order valence-electron chi connectivity index (χ2n) is 16.0. The summed E-state index contributed by atoms with van der Waals surface area (Å²) in [5, 5.41) is 18.6.